The Morgan fingerprint density at radius 1 is 1.03 bits per heavy atom. The highest BCUT2D eigenvalue weighted by Crippen LogP contribution is 2.30. The van der Waals surface area contributed by atoms with Crippen molar-refractivity contribution in [3.05, 3.63) is 96.4 Å². The normalized spacial score (nSPS) is 11.8. The summed E-state index contributed by atoms with van der Waals surface area (Å²) in [5, 5.41) is 10.5. The molecule has 0 aliphatic heterocycles. The lowest BCUT2D eigenvalue weighted by Gasteiger charge is -2.11. The molecule has 38 heavy (non-hydrogen) atoms. The zero-order valence-corrected chi connectivity index (χ0v) is 21.5. The highest BCUT2D eigenvalue weighted by atomic mass is 32.2. The van der Waals surface area contributed by atoms with Crippen LogP contribution in [0.5, 0.6) is 5.75 Å². The minimum absolute atomic E-state index is 0.162. The van der Waals surface area contributed by atoms with Gasteiger partial charge in [-0.3, -0.25) is 4.79 Å². The first-order valence-corrected chi connectivity index (χ1v) is 13.2. The van der Waals surface area contributed by atoms with E-state index in [-0.39, 0.29) is 18.1 Å². The smallest absolute Gasteiger partial charge is 0.247 e. The Hall–Kier alpha value is -4.41. The van der Waals surface area contributed by atoms with Crippen LogP contribution in [-0.4, -0.2) is 38.4 Å². The molecule has 0 aliphatic rings. The second kappa shape index (κ2) is 10.9. The van der Waals surface area contributed by atoms with Crippen molar-refractivity contribution in [3.8, 4) is 16.9 Å². The minimum atomic E-state index is -1.12. The Kier molecular flexibility index (Phi) is 7.25. The molecule has 192 valence electrons. The van der Waals surface area contributed by atoms with Crippen molar-refractivity contribution in [1.29, 1.82) is 0 Å². The molecule has 0 saturated carbocycles. The van der Waals surface area contributed by atoms with Crippen LogP contribution in [0.4, 0.5) is 21.7 Å². The monoisotopic (exact) mass is 529 g/mol. The van der Waals surface area contributed by atoms with Gasteiger partial charge >= 0.3 is 0 Å². The molecule has 1 atom stereocenters. The number of nitrogens with zero attached hydrogens (tertiary/aromatic N) is 3. The van der Waals surface area contributed by atoms with Gasteiger partial charge in [0.2, 0.25) is 11.9 Å². The third-order valence-electron chi connectivity index (χ3n) is 5.86. The van der Waals surface area contributed by atoms with Gasteiger partial charge in [0.25, 0.3) is 0 Å². The van der Waals surface area contributed by atoms with E-state index < -0.39 is 11.2 Å². The molecule has 0 bridgehead atoms. The van der Waals surface area contributed by atoms with E-state index in [1.54, 1.807) is 48.2 Å². The summed E-state index contributed by atoms with van der Waals surface area (Å²) in [4.78, 5) is 17.5. The number of benzene rings is 3. The topological polar surface area (TPSA) is 104 Å². The maximum Gasteiger partial charge on any atom is 0.247 e. The summed E-state index contributed by atoms with van der Waals surface area (Å²) < 4.78 is 31.9. The largest absolute Gasteiger partial charge is 0.612 e. The van der Waals surface area contributed by atoms with Gasteiger partial charge in [-0.1, -0.05) is 24.3 Å². The second-order valence-electron chi connectivity index (χ2n) is 8.53. The standard InChI is InChI=1S/C28H24FN5O3S/c1-37-25-16-23(38(2)36)12-13-24(25)31-28-32-26-14-7-20(17-34(26)33-28)19-5-10-22(11-6-19)30-27(35)15-18-3-8-21(29)9-4-18/h3-14,16-17H,15H2,1-2H3,(H,30,35)(H,31,33)/t38-/m1/s1. The summed E-state index contributed by atoms with van der Waals surface area (Å²) in [6.07, 6.45) is 3.65. The lowest BCUT2D eigenvalue weighted by Crippen LogP contribution is -2.14. The summed E-state index contributed by atoms with van der Waals surface area (Å²) in [6.45, 7) is 0. The van der Waals surface area contributed by atoms with Crippen LogP contribution in [0.1, 0.15) is 5.56 Å². The van der Waals surface area contributed by atoms with Crippen LogP contribution in [0.15, 0.2) is 90.0 Å². The third-order valence-corrected chi connectivity index (χ3v) is 6.78. The van der Waals surface area contributed by atoms with Gasteiger partial charge in [-0.2, -0.15) is 4.98 Å². The van der Waals surface area contributed by atoms with Gasteiger partial charge < -0.3 is 19.9 Å². The minimum Gasteiger partial charge on any atom is -0.612 e. The Labute approximate surface area is 221 Å². The zero-order valence-electron chi connectivity index (χ0n) is 20.6. The fraction of sp³-hybridized carbons (Fsp3) is 0.107. The quantitative estimate of drug-likeness (QED) is 0.268. The number of methoxy groups -OCH3 is 1. The van der Waals surface area contributed by atoms with Gasteiger partial charge in [0.1, 0.15) is 17.8 Å². The SMILES string of the molecule is COc1cc([S@@+](C)[O-])ccc1Nc1nc2ccc(-c3ccc(NC(=O)Cc4ccc(F)cc4)cc3)cn2n1. The Morgan fingerprint density at radius 2 is 1.76 bits per heavy atom. The van der Waals surface area contributed by atoms with Gasteiger partial charge in [0, 0.05) is 23.5 Å². The number of carbonyl (C=O) groups is 1. The number of hydrogen-bond acceptors (Lipinski definition) is 6. The number of fused-ring (bicyclic) bond motifs is 1. The van der Waals surface area contributed by atoms with Crippen molar-refractivity contribution in [3.63, 3.8) is 0 Å². The molecule has 2 N–H and O–H groups in total. The third kappa shape index (κ3) is 5.77. The molecular formula is C28H24FN5O3S. The molecule has 2 heterocycles. The van der Waals surface area contributed by atoms with Crippen molar-refractivity contribution < 1.29 is 18.5 Å². The predicted octanol–water partition coefficient (Wildman–Crippen LogP) is 5.21. The maximum atomic E-state index is 13.1. The Balaban J connectivity index is 1.28. The summed E-state index contributed by atoms with van der Waals surface area (Å²) in [6, 6.07) is 22.4. The van der Waals surface area contributed by atoms with Crippen LogP contribution in [0, 0.1) is 5.82 Å². The summed E-state index contributed by atoms with van der Waals surface area (Å²) in [5.41, 5.74) is 4.59. The number of pyridine rings is 1. The van der Waals surface area contributed by atoms with Crippen LogP contribution < -0.4 is 15.4 Å². The van der Waals surface area contributed by atoms with E-state index in [4.69, 9.17) is 4.74 Å². The molecule has 10 heteroatoms. The first kappa shape index (κ1) is 25.2. The molecular weight excluding hydrogens is 505 g/mol. The van der Waals surface area contributed by atoms with E-state index >= 15 is 0 Å². The molecule has 1 amide bonds. The first-order chi connectivity index (χ1) is 18.4. The van der Waals surface area contributed by atoms with Crippen LogP contribution in [0.25, 0.3) is 16.8 Å². The number of hydrogen-bond donors (Lipinski definition) is 2. The van der Waals surface area contributed by atoms with Crippen LogP contribution in [0.2, 0.25) is 0 Å². The van der Waals surface area contributed by atoms with Gasteiger partial charge in [-0.15, -0.1) is 5.10 Å². The van der Waals surface area contributed by atoms with E-state index in [1.165, 1.54) is 12.1 Å². The van der Waals surface area contributed by atoms with E-state index in [2.05, 4.69) is 20.7 Å². The summed E-state index contributed by atoms with van der Waals surface area (Å²) in [7, 11) is 1.55. The highest BCUT2D eigenvalue weighted by Gasteiger charge is 2.13. The van der Waals surface area contributed by atoms with E-state index in [9.17, 15) is 13.7 Å². The summed E-state index contributed by atoms with van der Waals surface area (Å²) >= 11 is -1.12. The van der Waals surface area contributed by atoms with Crippen molar-refractivity contribution in [2.24, 2.45) is 0 Å². The fourth-order valence-corrected chi connectivity index (χ4v) is 4.45. The van der Waals surface area contributed by atoms with Gasteiger partial charge in [0.15, 0.2) is 10.5 Å². The van der Waals surface area contributed by atoms with Crippen molar-refractivity contribution >= 4 is 40.1 Å². The van der Waals surface area contributed by atoms with E-state index in [0.29, 0.717) is 33.6 Å². The molecule has 0 saturated heterocycles. The molecule has 5 rings (SSSR count). The van der Waals surface area contributed by atoms with Gasteiger partial charge in [-0.05, 0) is 70.8 Å². The maximum absolute atomic E-state index is 13.1. The molecule has 0 unspecified atom stereocenters. The lowest BCUT2D eigenvalue weighted by atomic mass is 10.1. The number of amides is 1. The van der Waals surface area contributed by atoms with Gasteiger partial charge in [0.05, 0.1) is 19.2 Å². The predicted molar refractivity (Wildman–Crippen MR) is 146 cm³/mol. The molecule has 5 aromatic rings. The Bertz CT molecular complexity index is 1590. The fourth-order valence-electron chi connectivity index (χ4n) is 3.92. The van der Waals surface area contributed by atoms with Gasteiger partial charge in [-0.25, -0.2) is 8.91 Å². The van der Waals surface area contributed by atoms with Crippen LogP contribution >= 0.6 is 0 Å². The molecule has 0 fully saturated rings. The van der Waals surface area contributed by atoms with Crippen LogP contribution in [-0.2, 0) is 22.4 Å². The average Bonchev–Trinajstić information content (AvgIpc) is 3.32. The van der Waals surface area contributed by atoms with Crippen LogP contribution in [0.3, 0.4) is 0 Å². The summed E-state index contributed by atoms with van der Waals surface area (Å²) in [5.74, 6) is 0.428. The average molecular weight is 530 g/mol. The highest BCUT2D eigenvalue weighted by molar-refractivity contribution is 7.90. The van der Waals surface area contributed by atoms with Crippen molar-refractivity contribution in [2.75, 3.05) is 24.0 Å². The number of rotatable bonds is 8. The Morgan fingerprint density at radius 3 is 2.47 bits per heavy atom. The van der Waals surface area contributed by atoms with E-state index in [0.717, 1.165) is 16.7 Å². The number of anilines is 3. The zero-order chi connectivity index (χ0) is 26.6. The molecule has 0 aliphatic carbocycles. The molecule has 0 spiro atoms. The number of aromatic nitrogens is 3. The molecule has 8 nitrogen and oxygen atoms in total. The number of ether oxygens (including phenoxy) is 1. The van der Waals surface area contributed by atoms with Crippen molar-refractivity contribution in [1.82, 2.24) is 14.6 Å². The number of halogens is 1. The lowest BCUT2D eigenvalue weighted by molar-refractivity contribution is -0.115. The molecule has 0 radical (unpaired) electrons. The number of nitrogens with one attached hydrogen (secondary N) is 2. The molecule has 3 aromatic carbocycles. The van der Waals surface area contributed by atoms with Crippen molar-refractivity contribution in [2.45, 2.75) is 11.3 Å². The van der Waals surface area contributed by atoms with E-state index in [1.807, 2.05) is 42.6 Å². The second-order valence-corrected chi connectivity index (χ2v) is 9.91. The number of carbonyl (C=O) groups excluding carboxylic acids is 1. The first-order valence-electron chi connectivity index (χ1n) is 11.7. The molecule has 2 aromatic heterocycles.